The molecule has 0 bridgehead atoms. The van der Waals surface area contributed by atoms with E-state index in [2.05, 4.69) is 5.16 Å². The van der Waals surface area contributed by atoms with Crippen LogP contribution < -0.4 is 5.73 Å². The molecular formula is C17H21N3O3. The standard InChI is InChI=1S/C17H21N3O3/c1-12-3-5-13(6-4-12)15-9-14(23-19-15)10-20-8-2-7-17(22,11-20)16(18)21/h3-6,9,22H,2,7-8,10-11H2,1H3,(H2,18,21). The summed E-state index contributed by atoms with van der Waals surface area (Å²) in [5, 5.41) is 14.3. The van der Waals surface area contributed by atoms with Gasteiger partial charge in [0.15, 0.2) is 11.4 Å². The number of benzene rings is 1. The van der Waals surface area contributed by atoms with Crippen LogP contribution >= 0.6 is 0 Å². The Morgan fingerprint density at radius 3 is 2.87 bits per heavy atom. The molecule has 1 saturated heterocycles. The summed E-state index contributed by atoms with van der Waals surface area (Å²) in [6.45, 7) is 3.54. The lowest BCUT2D eigenvalue weighted by Crippen LogP contribution is -2.55. The first kappa shape index (κ1) is 15.7. The molecule has 6 heteroatoms. The SMILES string of the molecule is Cc1ccc(-c2cc(CN3CCCC(O)(C(N)=O)C3)on2)cc1. The van der Waals surface area contributed by atoms with Crippen molar-refractivity contribution in [1.82, 2.24) is 10.1 Å². The average molecular weight is 315 g/mol. The molecule has 1 amide bonds. The summed E-state index contributed by atoms with van der Waals surface area (Å²) in [5.41, 5.74) is 6.82. The summed E-state index contributed by atoms with van der Waals surface area (Å²) in [4.78, 5) is 13.4. The minimum absolute atomic E-state index is 0.225. The number of aromatic nitrogens is 1. The van der Waals surface area contributed by atoms with E-state index < -0.39 is 11.5 Å². The van der Waals surface area contributed by atoms with Crippen LogP contribution in [0.2, 0.25) is 0 Å². The molecule has 1 fully saturated rings. The summed E-state index contributed by atoms with van der Waals surface area (Å²) >= 11 is 0. The highest BCUT2D eigenvalue weighted by molar-refractivity contribution is 5.83. The molecule has 2 heterocycles. The number of aryl methyl sites for hydroxylation is 1. The third-order valence-electron chi connectivity index (χ3n) is 4.29. The maximum Gasteiger partial charge on any atom is 0.250 e. The monoisotopic (exact) mass is 315 g/mol. The van der Waals surface area contributed by atoms with Gasteiger partial charge in [-0.3, -0.25) is 9.69 Å². The highest BCUT2D eigenvalue weighted by Crippen LogP contribution is 2.24. The summed E-state index contributed by atoms with van der Waals surface area (Å²) < 4.78 is 5.39. The molecule has 0 saturated carbocycles. The van der Waals surface area contributed by atoms with Crippen molar-refractivity contribution in [3.63, 3.8) is 0 Å². The molecule has 0 radical (unpaired) electrons. The molecular weight excluding hydrogens is 294 g/mol. The highest BCUT2D eigenvalue weighted by Gasteiger charge is 2.38. The first-order chi connectivity index (χ1) is 11.0. The molecule has 1 aromatic heterocycles. The largest absolute Gasteiger partial charge is 0.379 e. The molecule has 6 nitrogen and oxygen atoms in total. The van der Waals surface area contributed by atoms with Crippen molar-refractivity contribution in [2.75, 3.05) is 13.1 Å². The van der Waals surface area contributed by atoms with Crippen molar-refractivity contribution >= 4 is 5.91 Å². The van der Waals surface area contributed by atoms with E-state index in [0.29, 0.717) is 18.7 Å². The molecule has 0 spiro atoms. The quantitative estimate of drug-likeness (QED) is 0.891. The number of nitrogens with zero attached hydrogens (tertiary/aromatic N) is 2. The van der Waals surface area contributed by atoms with Crippen LogP contribution in [0, 0.1) is 6.92 Å². The van der Waals surface area contributed by atoms with Gasteiger partial charge < -0.3 is 15.4 Å². The topological polar surface area (TPSA) is 92.6 Å². The number of primary amides is 1. The van der Waals surface area contributed by atoms with E-state index in [0.717, 1.165) is 24.2 Å². The van der Waals surface area contributed by atoms with Crippen LogP contribution in [-0.2, 0) is 11.3 Å². The lowest BCUT2D eigenvalue weighted by molar-refractivity contribution is -0.142. The van der Waals surface area contributed by atoms with Gasteiger partial charge in [-0.1, -0.05) is 35.0 Å². The van der Waals surface area contributed by atoms with Gasteiger partial charge in [0.05, 0.1) is 6.54 Å². The Balaban J connectivity index is 1.69. The lowest BCUT2D eigenvalue weighted by atomic mass is 9.92. The van der Waals surface area contributed by atoms with Gasteiger partial charge in [-0.25, -0.2) is 0 Å². The summed E-state index contributed by atoms with van der Waals surface area (Å²) in [7, 11) is 0. The molecule has 3 rings (SSSR count). The number of β-amino-alcohol motifs (C(OH)–C–C–N with tert-alkyl or cyclic N) is 1. The average Bonchev–Trinajstić information content (AvgIpc) is 2.96. The maximum absolute atomic E-state index is 11.4. The normalized spacial score (nSPS) is 22.2. The predicted molar refractivity (Wildman–Crippen MR) is 85.3 cm³/mol. The maximum atomic E-state index is 11.4. The lowest BCUT2D eigenvalue weighted by Gasteiger charge is -2.36. The van der Waals surface area contributed by atoms with E-state index in [9.17, 15) is 9.90 Å². The minimum Gasteiger partial charge on any atom is -0.379 e. The first-order valence-electron chi connectivity index (χ1n) is 7.73. The zero-order valence-electron chi connectivity index (χ0n) is 13.2. The number of rotatable bonds is 4. The zero-order chi connectivity index (χ0) is 16.4. The van der Waals surface area contributed by atoms with Crippen LogP contribution in [0.25, 0.3) is 11.3 Å². The predicted octanol–water partition coefficient (Wildman–Crippen LogP) is 1.46. The number of nitrogens with two attached hydrogens (primary N) is 1. The molecule has 1 unspecified atom stereocenters. The molecule has 1 aliphatic rings. The van der Waals surface area contributed by atoms with Crippen molar-refractivity contribution in [3.05, 3.63) is 41.7 Å². The van der Waals surface area contributed by atoms with E-state index >= 15 is 0 Å². The van der Waals surface area contributed by atoms with Crippen molar-refractivity contribution in [3.8, 4) is 11.3 Å². The summed E-state index contributed by atoms with van der Waals surface area (Å²) in [6, 6.07) is 9.96. The van der Waals surface area contributed by atoms with Gasteiger partial charge in [0.25, 0.3) is 5.91 Å². The van der Waals surface area contributed by atoms with Gasteiger partial charge in [-0.2, -0.15) is 0 Å². The van der Waals surface area contributed by atoms with E-state index in [4.69, 9.17) is 10.3 Å². The van der Waals surface area contributed by atoms with Crippen molar-refractivity contribution in [2.24, 2.45) is 5.73 Å². The number of likely N-dealkylation sites (tertiary alicyclic amines) is 1. The first-order valence-corrected chi connectivity index (χ1v) is 7.73. The minimum atomic E-state index is -1.45. The third-order valence-corrected chi connectivity index (χ3v) is 4.29. The number of piperidine rings is 1. The highest BCUT2D eigenvalue weighted by atomic mass is 16.5. The van der Waals surface area contributed by atoms with Crippen LogP contribution in [0.5, 0.6) is 0 Å². The van der Waals surface area contributed by atoms with Gasteiger partial charge in [0.2, 0.25) is 0 Å². The molecule has 1 aromatic carbocycles. The van der Waals surface area contributed by atoms with Crippen molar-refractivity contribution in [2.45, 2.75) is 31.9 Å². The third kappa shape index (κ3) is 3.43. The summed E-state index contributed by atoms with van der Waals surface area (Å²) in [6.07, 6.45) is 1.13. The molecule has 1 atom stereocenters. The number of carbonyl (C=O) groups is 1. The smallest absolute Gasteiger partial charge is 0.250 e. The summed E-state index contributed by atoms with van der Waals surface area (Å²) in [5.74, 6) is 0.0365. The van der Waals surface area contributed by atoms with E-state index in [1.165, 1.54) is 5.56 Å². The van der Waals surface area contributed by atoms with Gasteiger partial charge in [0.1, 0.15) is 5.69 Å². The Hall–Kier alpha value is -2.18. The number of hydrogen-bond acceptors (Lipinski definition) is 5. The van der Waals surface area contributed by atoms with Crippen LogP contribution in [0.15, 0.2) is 34.9 Å². The number of carbonyl (C=O) groups excluding carboxylic acids is 1. The Kier molecular flexibility index (Phi) is 4.19. The fourth-order valence-corrected chi connectivity index (χ4v) is 2.93. The van der Waals surface area contributed by atoms with E-state index in [1.54, 1.807) is 0 Å². The second kappa shape index (κ2) is 6.14. The Bertz CT molecular complexity index is 695. The van der Waals surface area contributed by atoms with Crippen LogP contribution in [-0.4, -0.2) is 39.8 Å². The van der Waals surface area contributed by atoms with E-state index in [-0.39, 0.29) is 6.54 Å². The van der Waals surface area contributed by atoms with Crippen LogP contribution in [0.4, 0.5) is 0 Å². The molecule has 122 valence electrons. The Labute approximate surface area is 134 Å². The van der Waals surface area contributed by atoms with Crippen molar-refractivity contribution < 1.29 is 14.4 Å². The van der Waals surface area contributed by atoms with Gasteiger partial charge in [-0.15, -0.1) is 0 Å². The van der Waals surface area contributed by atoms with Gasteiger partial charge in [-0.05, 0) is 26.3 Å². The zero-order valence-corrected chi connectivity index (χ0v) is 13.2. The van der Waals surface area contributed by atoms with Crippen LogP contribution in [0.1, 0.15) is 24.2 Å². The number of aliphatic hydroxyl groups is 1. The second-order valence-electron chi connectivity index (χ2n) is 6.25. The number of hydrogen-bond donors (Lipinski definition) is 2. The second-order valence-corrected chi connectivity index (χ2v) is 6.25. The van der Waals surface area contributed by atoms with Crippen LogP contribution in [0.3, 0.4) is 0 Å². The van der Waals surface area contributed by atoms with Gasteiger partial charge >= 0.3 is 0 Å². The fraction of sp³-hybridized carbons (Fsp3) is 0.412. The molecule has 23 heavy (non-hydrogen) atoms. The fourth-order valence-electron chi connectivity index (χ4n) is 2.93. The Morgan fingerprint density at radius 2 is 2.17 bits per heavy atom. The Morgan fingerprint density at radius 1 is 1.43 bits per heavy atom. The van der Waals surface area contributed by atoms with Gasteiger partial charge in [0, 0.05) is 18.2 Å². The molecule has 3 N–H and O–H groups in total. The van der Waals surface area contributed by atoms with E-state index in [1.807, 2.05) is 42.2 Å². The number of amides is 1. The molecule has 0 aliphatic carbocycles. The van der Waals surface area contributed by atoms with Crippen molar-refractivity contribution in [1.29, 1.82) is 0 Å². The molecule has 1 aliphatic heterocycles. The molecule has 2 aromatic rings.